The second-order valence-electron chi connectivity index (χ2n) is 4.60. The van der Waals surface area contributed by atoms with Crippen LogP contribution in [0.15, 0.2) is 18.6 Å². The third kappa shape index (κ3) is 2.98. The van der Waals surface area contributed by atoms with Crippen LogP contribution >= 0.6 is 27.3 Å². The number of nitrogens with zero attached hydrogens (tertiary/aromatic N) is 1. The van der Waals surface area contributed by atoms with Crippen LogP contribution in [0.1, 0.15) is 35.5 Å². The molecule has 0 fully saturated rings. The predicted molar refractivity (Wildman–Crippen MR) is 81.5 cm³/mol. The summed E-state index contributed by atoms with van der Waals surface area (Å²) < 4.78 is 33.6. The normalized spacial score (nSPS) is 13.7. The maximum atomic E-state index is 12.4. The van der Waals surface area contributed by atoms with Crippen LogP contribution < -0.4 is 4.72 Å². The molecule has 2 rings (SSSR count). The molecular formula is C12H15BrN2O3S2. The van der Waals surface area contributed by atoms with Crippen molar-refractivity contribution in [1.29, 1.82) is 0 Å². The minimum atomic E-state index is -3.55. The van der Waals surface area contributed by atoms with E-state index in [4.69, 9.17) is 4.52 Å². The van der Waals surface area contributed by atoms with Crippen molar-refractivity contribution in [3.8, 4) is 0 Å². The average Bonchev–Trinajstić information content (AvgIpc) is 2.83. The van der Waals surface area contributed by atoms with Gasteiger partial charge in [-0.15, -0.1) is 11.3 Å². The third-order valence-corrected chi connectivity index (χ3v) is 7.10. The van der Waals surface area contributed by atoms with Gasteiger partial charge in [0.1, 0.15) is 9.97 Å². The Morgan fingerprint density at radius 1 is 1.40 bits per heavy atom. The molecule has 20 heavy (non-hydrogen) atoms. The third-order valence-electron chi connectivity index (χ3n) is 2.95. The Morgan fingerprint density at radius 2 is 2.05 bits per heavy atom. The molecule has 0 saturated heterocycles. The van der Waals surface area contributed by atoms with Crippen molar-refractivity contribution in [1.82, 2.24) is 9.88 Å². The van der Waals surface area contributed by atoms with Crippen molar-refractivity contribution >= 4 is 37.3 Å². The molecule has 0 radical (unpaired) electrons. The standard InChI is InChI=1S/C12H15BrN2O3S2/c1-6-5-10(19-12(6)13)20(16,17)15-8(3)11-7(2)14-18-9(11)4/h5,8,15H,1-4H3. The van der Waals surface area contributed by atoms with Gasteiger partial charge in [0.05, 0.1) is 9.48 Å². The van der Waals surface area contributed by atoms with Crippen molar-refractivity contribution in [2.75, 3.05) is 0 Å². The zero-order valence-electron chi connectivity index (χ0n) is 11.5. The lowest BCUT2D eigenvalue weighted by Crippen LogP contribution is -2.26. The molecule has 0 aliphatic rings. The number of sulfonamides is 1. The second-order valence-corrected chi connectivity index (χ2v) is 8.91. The van der Waals surface area contributed by atoms with Gasteiger partial charge in [-0.3, -0.25) is 0 Å². The van der Waals surface area contributed by atoms with Gasteiger partial charge in [0, 0.05) is 11.6 Å². The monoisotopic (exact) mass is 378 g/mol. The van der Waals surface area contributed by atoms with Gasteiger partial charge < -0.3 is 4.52 Å². The Labute approximate surface area is 130 Å². The van der Waals surface area contributed by atoms with Crippen LogP contribution in [0.25, 0.3) is 0 Å². The summed E-state index contributed by atoms with van der Waals surface area (Å²) in [5, 5.41) is 3.84. The largest absolute Gasteiger partial charge is 0.361 e. The van der Waals surface area contributed by atoms with E-state index in [1.165, 1.54) is 11.3 Å². The number of hydrogen-bond acceptors (Lipinski definition) is 5. The lowest BCUT2D eigenvalue weighted by molar-refractivity contribution is 0.391. The van der Waals surface area contributed by atoms with Gasteiger partial charge in [-0.2, -0.15) is 0 Å². The molecule has 0 aliphatic carbocycles. The summed E-state index contributed by atoms with van der Waals surface area (Å²) in [5.41, 5.74) is 2.38. The molecule has 0 spiro atoms. The van der Waals surface area contributed by atoms with Gasteiger partial charge in [-0.05, 0) is 55.3 Å². The fourth-order valence-electron chi connectivity index (χ4n) is 2.02. The Bertz CT molecular complexity index is 695. The Balaban J connectivity index is 2.29. The number of aromatic nitrogens is 1. The highest BCUT2D eigenvalue weighted by atomic mass is 79.9. The summed E-state index contributed by atoms with van der Waals surface area (Å²) in [4.78, 5) is 0. The van der Waals surface area contributed by atoms with E-state index >= 15 is 0 Å². The maximum Gasteiger partial charge on any atom is 0.250 e. The first kappa shape index (κ1) is 15.7. The van der Waals surface area contributed by atoms with Gasteiger partial charge in [0.15, 0.2) is 0 Å². The van der Waals surface area contributed by atoms with Crippen LogP contribution in [-0.2, 0) is 10.0 Å². The average molecular weight is 379 g/mol. The molecule has 8 heteroatoms. The van der Waals surface area contributed by atoms with Gasteiger partial charge in [-0.1, -0.05) is 5.16 Å². The van der Waals surface area contributed by atoms with Crippen LogP contribution in [0.4, 0.5) is 0 Å². The molecule has 1 unspecified atom stereocenters. The van der Waals surface area contributed by atoms with Crippen LogP contribution in [-0.4, -0.2) is 13.6 Å². The molecule has 1 N–H and O–H groups in total. The lowest BCUT2D eigenvalue weighted by Gasteiger charge is -2.13. The summed E-state index contributed by atoms with van der Waals surface area (Å²) in [5.74, 6) is 0.626. The van der Waals surface area contributed by atoms with Gasteiger partial charge in [0.25, 0.3) is 10.0 Å². The number of halogens is 1. The van der Waals surface area contributed by atoms with Crippen LogP contribution in [0.3, 0.4) is 0 Å². The van der Waals surface area contributed by atoms with Crippen molar-refractivity contribution in [2.45, 2.75) is 37.9 Å². The topological polar surface area (TPSA) is 72.2 Å². The van der Waals surface area contributed by atoms with E-state index in [1.807, 2.05) is 6.92 Å². The molecule has 1 atom stereocenters. The summed E-state index contributed by atoms with van der Waals surface area (Å²) in [7, 11) is -3.55. The Kier molecular flexibility index (Phi) is 4.38. The predicted octanol–water partition coefficient (Wildman–Crippen LogP) is 3.46. The zero-order chi connectivity index (χ0) is 15.1. The zero-order valence-corrected chi connectivity index (χ0v) is 14.7. The smallest absolute Gasteiger partial charge is 0.250 e. The molecule has 0 saturated carbocycles. The first-order valence-corrected chi connectivity index (χ1v) is 9.02. The van der Waals surface area contributed by atoms with E-state index in [-0.39, 0.29) is 0 Å². The number of thiophene rings is 1. The highest BCUT2D eigenvalue weighted by Crippen LogP contribution is 2.31. The molecule has 0 bridgehead atoms. The highest BCUT2D eigenvalue weighted by Gasteiger charge is 2.24. The number of rotatable bonds is 4. The molecule has 0 amide bonds. The molecule has 0 aliphatic heterocycles. The first-order chi connectivity index (χ1) is 9.22. The van der Waals surface area contributed by atoms with Gasteiger partial charge >= 0.3 is 0 Å². The molecule has 2 heterocycles. The number of hydrogen-bond donors (Lipinski definition) is 1. The molecule has 0 aromatic carbocycles. The molecule has 2 aromatic rings. The lowest BCUT2D eigenvalue weighted by atomic mass is 10.1. The second kappa shape index (κ2) is 5.59. The van der Waals surface area contributed by atoms with E-state index < -0.39 is 16.1 Å². The van der Waals surface area contributed by atoms with E-state index in [9.17, 15) is 8.42 Å². The quantitative estimate of drug-likeness (QED) is 0.883. The van der Waals surface area contributed by atoms with Crippen LogP contribution in [0.5, 0.6) is 0 Å². The van der Waals surface area contributed by atoms with Crippen molar-refractivity contribution in [3.05, 3.63) is 32.4 Å². The van der Waals surface area contributed by atoms with Crippen molar-refractivity contribution in [2.24, 2.45) is 0 Å². The van der Waals surface area contributed by atoms with Crippen molar-refractivity contribution in [3.63, 3.8) is 0 Å². The number of aryl methyl sites for hydroxylation is 3. The van der Waals surface area contributed by atoms with E-state index in [0.717, 1.165) is 14.9 Å². The maximum absolute atomic E-state index is 12.4. The van der Waals surface area contributed by atoms with Crippen LogP contribution in [0.2, 0.25) is 0 Å². The first-order valence-electron chi connectivity index (χ1n) is 5.93. The molecular weight excluding hydrogens is 364 g/mol. The Morgan fingerprint density at radius 3 is 2.50 bits per heavy atom. The Hall–Kier alpha value is -0.700. The van der Waals surface area contributed by atoms with E-state index in [1.54, 1.807) is 26.8 Å². The fourth-order valence-corrected chi connectivity index (χ4v) is 5.48. The van der Waals surface area contributed by atoms with Crippen molar-refractivity contribution < 1.29 is 12.9 Å². The molecule has 110 valence electrons. The SMILES string of the molecule is Cc1cc(S(=O)(=O)NC(C)c2c(C)noc2C)sc1Br. The molecule has 2 aromatic heterocycles. The van der Waals surface area contributed by atoms with Gasteiger partial charge in [-0.25, -0.2) is 13.1 Å². The highest BCUT2D eigenvalue weighted by molar-refractivity contribution is 9.11. The summed E-state index contributed by atoms with van der Waals surface area (Å²) in [6.07, 6.45) is 0. The minimum Gasteiger partial charge on any atom is -0.361 e. The minimum absolute atomic E-state index is 0.292. The number of nitrogens with one attached hydrogen (secondary N) is 1. The van der Waals surface area contributed by atoms with Crippen LogP contribution in [0, 0.1) is 20.8 Å². The van der Waals surface area contributed by atoms with Gasteiger partial charge in [0.2, 0.25) is 0 Å². The summed E-state index contributed by atoms with van der Waals surface area (Å²) >= 11 is 4.53. The summed E-state index contributed by atoms with van der Waals surface area (Å²) in [6, 6.07) is 1.25. The van der Waals surface area contributed by atoms with E-state index in [2.05, 4.69) is 25.8 Å². The molecule has 5 nitrogen and oxygen atoms in total. The fraction of sp³-hybridized carbons (Fsp3) is 0.417. The van der Waals surface area contributed by atoms with E-state index in [0.29, 0.717) is 15.7 Å². The summed E-state index contributed by atoms with van der Waals surface area (Å²) in [6.45, 7) is 7.20.